The van der Waals surface area contributed by atoms with Crippen LogP contribution >= 0.6 is 0 Å². The van der Waals surface area contributed by atoms with E-state index in [2.05, 4.69) is 11.9 Å². The predicted octanol–water partition coefficient (Wildman–Crippen LogP) is 0.0000000000000000555. The van der Waals surface area contributed by atoms with Gasteiger partial charge in [-0.15, -0.1) is 0 Å². The van der Waals surface area contributed by atoms with Crippen LogP contribution in [0.1, 0.15) is 12.8 Å². The molecule has 1 aliphatic heterocycles. The SMILES string of the molecule is C=C(OC)[C@@H](N)C[C@@H]1CCNC1=O. The smallest absolute Gasteiger partial charge is 0.223 e. The number of ether oxygens (including phenoxy) is 1. The van der Waals surface area contributed by atoms with Crippen molar-refractivity contribution < 1.29 is 9.53 Å². The second-order valence-electron chi connectivity index (χ2n) is 3.29. The summed E-state index contributed by atoms with van der Waals surface area (Å²) in [4.78, 5) is 11.2. The first-order valence-electron chi connectivity index (χ1n) is 4.41. The first kappa shape index (κ1) is 10.1. The zero-order valence-electron chi connectivity index (χ0n) is 7.88. The summed E-state index contributed by atoms with van der Waals surface area (Å²) in [5.74, 6) is 0.668. The molecule has 0 aliphatic carbocycles. The Morgan fingerprint density at radius 3 is 3.08 bits per heavy atom. The van der Waals surface area contributed by atoms with Gasteiger partial charge in [-0.2, -0.15) is 0 Å². The van der Waals surface area contributed by atoms with Crippen molar-refractivity contribution in [2.45, 2.75) is 18.9 Å². The average molecular weight is 184 g/mol. The summed E-state index contributed by atoms with van der Waals surface area (Å²) in [7, 11) is 1.54. The Balaban J connectivity index is 2.39. The molecule has 1 heterocycles. The fraction of sp³-hybridized carbons (Fsp3) is 0.667. The molecule has 0 bridgehead atoms. The molecule has 13 heavy (non-hydrogen) atoms. The lowest BCUT2D eigenvalue weighted by Gasteiger charge is -2.15. The average Bonchev–Trinajstić information content (AvgIpc) is 2.50. The van der Waals surface area contributed by atoms with Gasteiger partial charge in [0.15, 0.2) is 0 Å². The van der Waals surface area contributed by atoms with Gasteiger partial charge in [0.25, 0.3) is 0 Å². The van der Waals surface area contributed by atoms with Crippen molar-refractivity contribution >= 4 is 5.91 Å². The highest BCUT2D eigenvalue weighted by atomic mass is 16.5. The third-order valence-corrected chi connectivity index (χ3v) is 2.38. The van der Waals surface area contributed by atoms with Crippen LogP contribution in [0.3, 0.4) is 0 Å². The summed E-state index contributed by atoms with van der Waals surface area (Å²) >= 11 is 0. The van der Waals surface area contributed by atoms with Gasteiger partial charge in [-0.3, -0.25) is 4.79 Å². The zero-order chi connectivity index (χ0) is 9.84. The van der Waals surface area contributed by atoms with Gasteiger partial charge in [-0.1, -0.05) is 6.58 Å². The van der Waals surface area contributed by atoms with Crippen molar-refractivity contribution in [3.05, 3.63) is 12.3 Å². The number of methoxy groups -OCH3 is 1. The van der Waals surface area contributed by atoms with Gasteiger partial charge >= 0.3 is 0 Å². The number of rotatable bonds is 4. The quantitative estimate of drug-likeness (QED) is 0.604. The molecule has 3 N–H and O–H groups in total. The number of hydrogen-bond donors (Lipinski definition) is 2. The van der Waals surface area contributed by atoms with E-state index in [9.17, 15) is 4.79 Å². The summed E-state index contributed by atoms with van der Waals surface area (Å²) in [5, 5.41) is 2.77. The van der Waals surface area contributed by atoms with E-state index in [4.69, 9.17) is 10.5 Å². The summed E-state index contributed by atoms with van der Waals surface area (Å²) in [6, 6.07) is -0.237. The van der Waals surface area contributed by atoms with Crippen LogP contribution in [-0.4, -0.2) is 25.6 Å². The van der Waals surface area contributed by atoms with Crippen LogP contribution in [0.5, 0.6) is 0 Å². The van der Waals surface area contributed by atoms with E-state index in [1.165, 1.54) is 7.11 Å². The van der Waals surface area contributed by atoms with E-state index in [1.54, 1.807) is 0 Å². The molecule has 1 rings (SSSR count). The molecule has 0 radical (unpaired) electrons. The van der Waals surface area contributed by atoms with E-state index in [-0.39, 0.29) is 17.9 Å². The normalized spacial score (nSPS) is 23.8. The van der Waals surface area contributed by atoms with Crippen LogP contribution in [-0.2, 0) is 9.53 Å². The predicted molar refractivity (Wildman–Crippen MR) is 49.9 cm³/mol. The Bertz CT molecular complexity index is 216. The molecule has 0 aromatic rings. The molecule has 0 aromatic carbocycles. The molecule has 0 spiro atoms. The molecule has 4 heteroatoms. The minimum atomic E-state index is -0.237. The monoisotopic (exact) mass is 184 g/mol. The maximum absolute atomic E-state index is 11.2. The van der Waals surface area contributed by atoms with Gasteiger partial charge in [0, 0.05) is 12.5 Å². The van der Waals surface area contributed by atoms with Crippen molar-refractivity contribution in [3.8, 4) is 0 Å². The number of nitrogens with two attached hydrogens (primary N) is 1. The van der Waals surface area contributed by atoms with Crippen molar-refractivity contribution in [1.29, 1.82) is 0 Å². The zero-order valence-corrected chi connectivity index (χ0v) is 7.88. The van der Waals surface area contributed by atoms with Gasteiger partial charge in [0.1, 0.15) is 5.76 Å². The second-order valence-corrected chi connectivity index (χ2v) is 3.29. The maximum Gasteiger partial charge on any atom is 0.223 e. The Morgan fingerprint density at radius 1 is 1.92 bits per heavy atom. The molecular formula is C9H16N2O2. The van der Waals surface area contributed by atoms with Gasteiger partial charge < -0.3 is 15.8 Å². The minimum absolute atomic E-state index is 0.0295. The van der Waals surface area contributed by atoms with Gasteiger partial charge in [0.05, 0.1) is 13.2 Å². The topological polar surface area (TPSA) is 64.3 Å². The highest BCUT2D eigenvalue weighted by Gasteiger charge is 2.26. The molecule has 1 amide bonds. The second kappa shape index (κ2) is 4.28. The lowest BCUT2D eigenvalue weighted by Crippen LogP contribution is -2.29. The Kier molecular flexibility index (Phi) is 3.31. The minimum Gasteiger partial charge on any atom is -0.500 e. The fourth-order valence-corrected chi connectivity index (χ4v) is 1.46. The lowest BCUT2D eigenvalue weighted by molar-refractivity contribution is -0.122. The molecule has 1 aliphatic rings. The maximum atomic E-state index is 11.2. The summed E-state index contributed by atoms with van der Waals surface area (Å²) in [5.41, 5.74) is 5.77. The van der Waals surface area contributed by atoms with Crippen LogP contribution < -0.4 is 11.1 Å². The van der Waals surface area contributed by atoms with Crippen LogP contribution in [0, 0.1) is 5.92 Å². The van der Waals surface area contributed by atoms with Crippen molar-refractivity contribution in [2.75, 3.05) is 13.7 Å². The molecule has 74 valence electrons. The van der Waals surface area contributed by atoms with E-state index in [1.807, 2.05) is 0 Å². The van der Waals surface area contributed by atoms with Crippen LogP contribution in [0.2, 0.25) is 0 Å². The van der Waals surface area contributed by atoms with E-state index >= 15 is 0 Å². The van der Waals surface area contributed by atoms with Gasteiger partial charge in [-0.25, -0.2) is 0 Å². The van der Waals surface area contributed by atoms with E-state index in [0.29, 0.717) is 12.2 Å². The number of amides is 1. The third kappa shape index (κ3) is 2.45. The molecule has 0 unspecified atom stereocenters. The number of hydrogen-bond acceptors (Lipinski definition) is 3. The Morgan fingerprint density at radius 2 is 2.62 bits per heavy atom. The van der Waals surface area contributed by atoms with E-state index in [0.717, 1.165) is 13.0 Å². The molecular weight excluding hydrogens is 168 g/mol. The Hall–Kier alpha value is -1.03. The number of carbonyl (C=O) groups excluding carboxylic acids is 1. The summed E-state index contributed by atoms with van der Waals surface area (Å²) in [6.07, 6.45) is 1.49. The molecule has 4 nitrogen and oxygen atoms in total. The molecule has 1 fully saturated rings. The summed E-state index contributed by atoms with van der Waals surface area (Å²) < 4.78 is 4.91. The molecule has 0 saturated carbocycles. The van der Waals surface area contributed by atoms with Crippen molar-refractivity contribution in [2.24, 2.45) is 11.7 Å². The van der Waals surface area contributed by atoms with Crippen LogP contribution in [0.4, 0.5) is 0 Å². The molecule has 0 aromatic heterocycles. The number of carbonyl (C=O) groups is 1. The molecule has 1 saturated heterocycles. The van der Waals surface area contributed by atoms with E-state index < -0.39 is 0 Å². The van der Waals surface area contributed by atoms with Crippen molar-refractivity contribution in [1.82, 2.24) is 5.32 Å². The van der Waals surface area contributed by atoms with Crippen LogP contribution in [0.25, 0.3) is 0 Å². The first-order valence-corrected chi connectivity index (χ1v) is 4.41. The largest absolute Gasteiger partial charge is 0.500 e. The van der Waals surface area contributed by atoms with Gasteiger partial charge in [0.2, 0.25) is 5.91 Å². The first-order chi connectivity index (χ1) is 6.15. The standard InChI is InChI=1S/C9H16N2O2/c1-6(13-2)8(10)5-7-3-4-11-9(7)12/h7-8H,1,3-5,10H2,2H3,(H,11,12)/t7-,8-/m0/s1. The van der Waals surface area contributed by atoms with Crippen molar-refractivity contribution in [3.63, 3.8) is 0 Å². The molecule has 2 atom stereocenters. The third-order valence-electron chi connectivity index (χ3n) is 2.38. The van der Waals surface area contributed by atoms with Crippen LogP contribution in [0.15, 0.2) is 12.3 Å². The highest BCUT2D eigenvalue weighted by molar-refractivity contribution is 5.80. The lowest BCUT2D eigenvalue weighted by atomic mass is 9.98. The number of nitrogens with one attached hydrogen (secondary N) is 1. The fourth-order valence-electron chi connectivity index (χ4n) is 1.46. The highest BCUT2D eigenvalue weighted by Crippen LogP contribution is 2.17. The Labute approximate surface area is 78.1 Å². The summed E-state index contributed by atoms with van der Waals surface area (Å²) in [6.45, 7) is 4.42. The van der Waals surface area contributed by atoms with Gasteiger partial charge in [-0.05, 0) is 12.8 Å².